The number of nitrogens with zero attached hydrogens (tertiary/aromatic N) is 1. The molecule has 0 aliphatic carbocycles. The fourth-order valence-corrected chi connectivity index (χ4v) is 2.14. The summed E-state index contributed by atoms with van der Waals surface area (Å²) in [5.41, 5.74) is 1.98. The number of hydrogen-bond donors (Lipinski definition) is 1. The SMILES string of the molecule is O=C(CCCc1ccccc1)Nc1cccnc1Br. The fraction of sp³-hybridized carbons (Fsp3) is 0.200. The zero-order valence-electron chi connectivity index (χ0n) is 10.5. The monoisotopic (exact) mass is 318 g/mol. The Labute approximate surface area is 121 Å². The van der Waals surface area contributed by atoms with Crippen molar-refractivity contribution in [3.8, 4) is 0 Å². The van der Waals surface area contributed by atoms with Gasteiger partial charge in [-0.25, -0.2) is 4.98 Å². The highest BCUT2D eigenvalue weighted by Crippen LogP contribution is 2.18. The Morgan fingerprint density at radius 2 is 1.95 bits per heavy atom. The van der Waals surface area contributed by atoms with Crippen LogP contribution >= 0.6 is 15.9 Å². The van der Waals surface area contributed by atoms with Crippen molar-refractivity contribution in [1.29, 1.82) is 0 Å². The van der Waals surface area contributed by atoms with E-state index in [9.17, 15) is 4.79 Å². The molecular weight excluding hydrogens is 304 g/mol. The minimum atomic E-state index is 0.0182. The summed E-state index contributed by atoms with van der Waals surface area (Å²) in [6, 6.07) is 13.8. The van der Waals surface area contributed by atoms with Crippen molar-refractivity contribution in [2.24, 2.45) is 0 Å². The van der Waals surface area contributed by atoms with E-state index in [2.05, 4.69) is 38.4 Å². The van der Waals surface area contributed by atoms with Crippen LogP contribution in [-0.2, 0) is 11.2 Å². The lowest BCUT2D eigenvalue weighted by Crippen LogP contribution is -2.12. The minimum Gasteiger partial charge on any atom is -0.324 e. The summed E-state index contributed by atoms with van der Waals surface area (Å²) in [6.45, 7) is 0. The average Bonchev–Trinajstić information content (AvgIpc) is 2.43. The van der Waals surface area contributed by atoms with Crippen molar-refractivity contribution >= 4 is 27.5 Å². The van der Waals surface area contributed by atoms with Crippen molar-refractivity contribution in [3.05, 3.63) is 58.8 Å². The fourth-order valence-electron chi connectivity index (χ4n) is 1.79. The Morgan fingerprint density at radius 3 is 2.68 bits per heavy atom. The van der Waals surface area contributed by atoms with E-state index >= 15 is 0 Å². The van der Waals surface area contributed by atoms with Gasteiger partial charge in [0, 0.05) is 12.6 Å². The first-order chi connectivity index (χ1) is 9.25. The number of carbonyl (C=O) groups excluding carboxylic acids is 1. The van der Waals surface area contributed by atoms with Crippen LogP contribution in [0.5, 0.6) is 0 Å². The number of benzene rings is 1. The van der Waals surface area contributed by atoms with E-state index in [0.29, 0.717) is 16.7 Å². The predicted octanol–water partition coefficient (Wildman–Crippen LogP) is 3.81. The minimum absolute atomic E-state index is 0.0182. The Morgan fingerprint density at radius 1 is 1.16 bits per heavy atom. The first-order valence-corrected chi connectivity index (χ1v) is 6.99. The van der Waals surface area contributed by atoms with Crippen molar-refractivity contribution in [1.82, 2.24) is 4.98 Å². The van der Waals surface area contributed by atoms with E-state index < -0.39 is 0 Å². The van der Waals surface area contributed by atoms with E-state index in [1.165, 1.54) is 5.56 Å². The molecule has 1 N–H and O–H groups in total. The number of aromatic nitrogens is 1. The van der Waals surface area contributed by atoms with Crippen molar-refractivity contribution in [2.75, 3.05) is 5.32 Å². The summed E-state index contributed by atoms with van der Waals surface area (Å²) in [4.78, 5) is 15.9. The van der Waals surface area contributed by atoms with Crippen LogP contribution in [-0.4, -0.2) is 10.9 Å². The molecule has 0 aliphatic heterocycles. The lowest BCUT2D eigenvalue weighted by molar-refractivity contribution is -0.116. The molecule has 1 amide bonds. The van der Waals surface area contributed by atoms with Crippen LogP contribution in [0.15, 0.2) is 53.3 Å². The smallest absolute Gasteiger partial charge is 0.224 e. The first-order valence-electron chi connectivity index (χ1n) is 6.20. The van der Waals surface area contributed by atoms with Gasteiger partial charge in [0.1, 0.15) is 4.60 Å². The quantitative estimate of drug-likeness (QED) is 0.852. The lowest BCUT2D eigenvalue weighted by Gasteiger charge is -2.06. The van der Waals surface area contributed by atoms with E-state index in [-0.39, 0.29) is 5.91 Å². The number of halogens is 1. The maximum atomic E-state index is 11.8. The molecular formula is C15H15BrN2O. The number of amides is 1. The van der Waals surface area contributed by atoms with Gasteiger partial charge in [-0.1, -0.05) is 30.3 Å². The molecule has 1 aromatic carbocycles. The second-order valence-electron chi connectivity index (χ2n) is 4.23. The van der Waals surface area contributed by atoms with Gasteiger partial charge in [0.15, 0.2) is 0 Å². The molecule has 2 aromatic rings. The molecule has 0 atom stereocenters. The number of rotatable bonds is 5. The first kappa shape index (κ1) is 13.7. The molecule has 0 unspecified atom stereocenters. The van der Waals surface area contributed by atoms with E-state index in [1.54, 1.807) is 12.3 Å². The van der Waals surface area contributed by atoms with Gasteiger partial charge in [-0.15, -0.1) is 0 Å². The summed E-state index contributed by atoms with van der Waals surface area (Å²) in [5, 5.41) is 2.85. The third-order valence-electron chi connectivity index (χ3n) is 2.75. The summed E-state index contributed by atoms with van der Waals surface area (Å²) in [7, 11) is 0. The largest absolute Gasteiger partial charge is 0.324 e. The highest BCUT2D eigenvalue weighted by molar-refractivity contribution is 9.10. The average molecular weight is 319 g/mol. The van der Waals surface area contributed by atoms with Gasteiger partial charge >= 0.3 is 0 Å². The second-order valence-corrected chi connectivity index (χ2v) is 4.98. The number of pyridine rings is 1. The summed E-state index contributed by atoms with van der Waals surface area (Å²) in [6.07, 6.45) is 3.95. The Kier molecular flexibility index (Phi) is 5.10. The van der Waals surface area contributed by atoms with Gasteiger partial charge in [0.25, 0.3) is 0 Å². The molecule has 0 fully saturated rings. The van der Waals surface area contributed by atoms with Crippen LogP contribution in [0.2, 0.25) is 0 Å². The number of anilines is 1. The van der Waals surface area contributed by atoms with Gasteiger partial charge in [0.05, 0.1) is 5.69 Å². The number of carbonyl (C=O) groups is 1. The van der Waals surface area contributed by atoms with Crippen LogP contribution in [0.1, 0.15) is 18.4 Å². The molecule has 98 valence electrons. The molecule has 19 heavy (non-hydrogen) atoms. The standard InChI is InChI=1S/C15H15BrN2O/c16-15-13(9-5-11-17-15)18-14(19)10-4-8-12-6-2-1-3-7-12/h1-3,5-7,9,11H,4,8,10H2,(H,18,19). The Hall–Kier alpha value is -1.68. The van der Waals surface area contributed by atoms with E-state index in [4.69, 9.17) is 0 Å². The molecule has 0 bridgehead atoms. The van der Waals surface area contributed by atoms with Crippen molar-refractivity contribution < 1.29 is 4.79 Å². The predicted molar refractivity (Wildman–Crippen MR) is 79.9 cm³/mol. The molecule has 4 heteroatoms. The summed E-state index contributed by atoms with van der Waals surface area (Å²) in [5.74, 6) is 0.0182. The van der Waals surface area contributed by atoms with Gasteiger partial charge in [-0.05, 0) is 46.5 Å². The third kappa shape index (κ3) is 4.48. The van der Waals surface area contributed by atoms with Crippen molar-refractivity contribution in [3.63, 3.8) is 0 Å². The highest BCUT2D eigenvalue weighted by atomic mass is 79.9. The third-order valence-corrected chi connectivity index (χ3v) is 3.38. The maximum Gasteiger partial charge on any atom is 0.224 e. The van der Waals surface area contributed by atoms with Gasteiger partial charge in [-0.2, -0.15) is 0 Å². The van der Waals surface area contributed by atoms with Gasteiger partial charge in [0.2, 0.25) is 5.91 Å². The molecule has 0 aliphatic rings. The molecule has 1 heterocycles. The lowest BCUT2D eigenvalue weighted by atomic mass is 10.1. The van der Waals surface area contributed by atoms with Gasteiger partial charge in [-0.3, -0.25) is 4.79 Å². The number of nitrogens with one attached hydrogen (secondary N) is 1. The Balaban J connectivity index is 1.78. The second kappa shape index (κ2) is 7.04. The Bertz CT molecular complexity index is 543. The van der Waals surface area contributed by atoms with E-state index in [0.717, 1.165) is 12.8 Å². The molecule has 3 nitrogen and oxygen atoms in total. The molecule has 2 rings (SSSR count). The van der Waals surface area contributed by atoms with Crippen LogP contribution in [0, 0.1) is 0 Å². The molecule has 1 aromatic heterocycles. The zero-order chi connectivity index (χ0) is 13.5. The van der Waals surface area contributed by atoms with Gasteiger partial charge < -0.3 is 5.32 Å². The zero-order valence-corrected chi connectivity index (χ0v) is 12.1. The molecule has 0 radical (unpaired) electrons. The number of hydrogen-bond acceptors (Lipinski definition) is 2. The van der Waals surface area contributed by atoms with Crippen LogP contribution in [0.25, 0.3) is 0 Å². The molecule has 0 saturated carbocycles. The van der Waals surface area contributed by atoms with E-state index in [1.807, 2.05) is 24.3 Å². The van der Waals surface area contributed by atoms with Crippen molar-refractivity contribution in [2.45, 2.75) is 19.3 Å². The topological polar surface area (TPSA) is 42.0 Å². The number of aryl methyl sites for hydroxylation is 1. The normalized spacial score (nSPS) is 10.2. The van der Waals surface area contributed by atoms with Crippen LogP contribution in [0.4, 0.5) is 5.69 Å². The van der Waals surface area contributed by atoms with Crippen LogP contribution < -0.4 is 5.32 Å². The molecule has 0 spiro atoms. The summed E-state index contributed by atoms with van der Waals surface area (Å²) >= 11 is 3.30. The highest BCUT2D eigenvalue weighted by Gasteiger charge is 2.05. The summed E-state index contributed by atoms with van der Waals surface area (Å²) < 4.78 is 0.659. The molecule has 0 saturated heterocycles. The van der Waals surface area contributed by atoms with Crippen LogP contribution in [0.3, 0.4) is 0 Å². The maximum absolute atomic E-state index is 11.8.